The molecular formula is C4H7N3O2. The molecule has 0 aliphatic heterocycles. The number of carbonyl (C=O) groups is 1. The van der Waals surface area contributed by atoms with E-state index in [1.165, 1.54) is 5.48 Å². The summed E-state index contributed by atoms with van der Waals surface area (Å²) in [6.07, 6.45) is 1.52. The lowest BCUT2D eigenvalue weighted by atomic mass is 10.2. The van der Waals surface area contributed by atoms with Crippen LogP contribution in [0.15, 0.2) is 0 Å². The monoisotopic (exact) mass is 129 g/mol. The molecule has 50 valence electrons. The number of hydroxylamine groups is 1. The van der Waals surface area contributed by atoms with Crippen LogP contribution in [-0.4, -0.2) is 23.5 Å². The third kappa shape index (κ3) is 2.00. The van der Waals surface area contributed by atoms with Gasteiger partial charge in [0.15, 0.2) is 0 Å². The van der Waals surface area contributed by atoms with Gasteiger partial charge >= 0.3 is 0 Å². The zero-order valence-electron chi connectivity index (χ0n) is 4.59. The van der Waals surface area contributed by atoms with Crippen LogP contribution >= 0.6 is 0 Å². The minimum atomic E-state index is -0.949. The largest absolute Gasteiger partial charge is 0.312 e. The van der Waals surface area contributed by atoms with Crippen molar-refractivity contribution in [3.63, 3.8) is 0 Å². The number of carbonyl (C=O) groups excluding carboxylic acids is 1. The van der Waals surface area contributed by atoms with Crippen molar-refractivity contribution in [1.82, 2.24) is 5.48 Å². The Morgan fingerprint density at radius 1 is 1.56 bits per heavy atom. The molecule has 0 fully saturated rings. The number of amides is 1. The van der Waals surface area contributed by atoms with Gasteiger partial charge in [0.25, 0.3) is 5.91 Å². The van der Waals surface area contributed by atoms with Crippen LogP contribution in [-0.2, 0) is 4.79 Å². The van der Waals surface area contributed by atoms with Crippen molar-refractivity contribution in [1.29, 1.82) is 10.8 Å². The van der Waals surface area contributed by atoms with Gasteiger partial charge in [-0.2, -0.15) is 0 Å². The molecule has 0 aliphatic rings. The van der Waals surface area contributed by atoms with Crippen molar-refractivity contribution in [2.45, 2.75) is 0 Å². The Hall–Kier alpha value is -1.23. The highest BCUT2D eigenvalue weighted by Crippen LogP contribution is 1.83. The molecule has 9 heavy (non-hydrogen) atoms. The molecule has 0 atom stereocenters. The van der Waals surface area contributed by atoms with E-state index in [2.05, 4.69) is 0 Å². The minimum Gasteiger partial charge on any atom is -0.312 e. The Morgan fingerprint density at radius 3 is 2.11 bits per heavy atom. The third-order valence-electron chi connectivity index (χ3n) is 0.772. The fraction of sp³-hybridized carbons (Fsp3) is 0.250. The first kappa shape index (κ1) is 7.77. The van der Waals surface area contributed by atoms with E-state index in [1.807, 2.05) is 0 Å². The Morgan fingerprint density at radius 2 is 2.00 bits per heavy atom. The lowest BCUT2D eigenvalue weighted by Crippen LogP contribution is -2.29. The number of hydrogen-bond acceptors (Lipinski definition) is 4. The van der Waals surface area contributed by atoms with E-state index in [4.69, 9.17) is 16.0 Å². The first-order valence-corrected chi connectivity index (χ1v) is 2.21. The molecule has 0 aromatic rings. The average molecular weight is 129 g/mol. The van der Waals surface area contributed by atoms with Crippen molar-refractivity contribution >= 4 is 18.3 Å². The molecule has 0 aromatic heterocycles. The van der Waals surface area contributed by atoms with Crippen molar-refractivity contribution in [2.24, 2.45) is 5.92 Å². The predicted octanol–water partition coefficient (Wildman–Crippen LogP) is -0.593. The molecule has 0 rings (SSSR count). The minimum absolute atomic E-state index is 0.762. The Balaban J connectivity index is 3.93. The maximum atomic E-state index is 10.3. The first-order chi connectivity index (χ1) is 4.26. The van der Waals surface area contributed by atoms with E-state index in [0.717, 1.165) is 12.4 Å². The Labute approximate surface area is 51.7 Å². The standard InChI is InChI=1S/C4H7N3O2/c5-1-3(2-6)4(8)7-9/h1-3,5-6,9H,(H,7,8). The lowest BCUT2D eigenvalue weighted by molar-refractivity contribution is -0.129. The predicted molar refractivity (Wildman–Crippen MR) is 31.0 cm³/mol. The second kappa shape index (κ2) is 3.73. The zero-order valence-corrected chi connectivity index (χ0v) is 4.59. The summed E-state index contributed by atoms with van der Waals surface area (Å²) in [7, 11) is 0. The number of rotatable bonds is 3. The highest BCUT2D eigenvalue weighted by atomic mass is 16.5. The van der Waals surface area contributed by atoms with Crippen LogP contribution in [0.5, 0.6) is 0 Å². The summed E-state index contributed by atoms with van der Waals surface area (Å²) in [6, 6.07) is 0. The van der Waals surface area contributed by atoms with Gasteiger partial charge in [0.2, 0.25) is 0 Å². The summed E-state index contributed by atoms with van der Waals surface area (Å²) in [4.78, 5) is 10.3. The zero-order chi connectivity index (χ0) is 7.28. The van der Waals surface area contributed by atoms with E-state index in [9.17, 15) is 4.79 Å². The second-order valence-electron chi connectivity index (χ2n) is 1.34. The normalized spacial score (nSPS) is 11.7. The molecular weight excluding hydrogens is 122 g/mol. The molecule has 0 aromatic carbocycles. The molecule has 0 saturated carbocycles. The van der Waals surface area contributed by atoms with Crippen LogP contribution in [0.4, 0.5) is 0 Å². The van der Waals surface area contributed by atoms with Gasteiger partial charge in [-0.15, -0.1) is 0 Å². The van der Waals surface area contributed by atoms with Crippen LogP contribution in [0.1, 0.15) is 0 Å². The smallest absolute Gasteiger partial charge is 0.257 e. The molecule has 0 spiro atoms. The summed E-state index contributed by atoms with van der Waals surface area (Å²) in [6.45, 7) is 0. The van der Waals surface area contributed by atoms with Gasteiger partial charge in [-0.1, -0.05) is 0 Å². The van der Waals surface area contributed by atoms with E-state index in [1.54, 1.807) is 0 Å². The van der Waals surface area contributed by atoms with Crippen molar-refractivity contribution in [3.8, 4) is 0 Å². The Bertz CT molecular complexity index is 126. The summed E-state index contributed by atoms with van der Waals surface area (Å²) in [5.41, 5.74) is 1.33. The molecule has 0 bridgehead atoms. The number of nitrogens with one attached hydrogen (secondary N) is 3. The van der Waals surface area contributed by atoms with Gasteiger partial charge < -0.3 is 10.8 Å². The van der Waals surface area contributed by atoms with E-state index < -0.39 is 11.8 Å². The quantitative estimate of drug-likeness (QED) is 0.232. The highest BCUT2D eigenvalue weighted by molar-refractivity contribution is 6.05. The van der Waals surface area contributed by atoms with Gasteiger partial charge in [0.1, 0.15) is 5.92 Å². The maximum Gasteiger partial charge on any atom is 0.257 e. The van der Waals surface area contributed by atoms with E-state index in [0.29, 0.717) is 0 Å². The van der Waals surface area contributed by atoms with Gasteiger partial charge in [-0.3, -0.25) is 10.0 Å². The summed E-state index contributed by atoms with van der Waals surface area (Å²) >= 11 is 0. The SMILES string of the molecule is N=CC(C=N)C(=O)NO. The van der Waals surface area contributed by atoms with Gasteiger partial charge in [0, 0.05) is 12.4 Å². The van der Waals surface area contributed by atoms with Gasteiger partial charge in [0.05, 0.1) is 0 Å². The molecule has 1 amide bonds. The first-order valence-electron chi connectivity index (χ1n) is 2.21. The molecule has 4 N–H and O–H groups in total. The molecule has 0 aliphatic carbocycles. The fourth-order valence-electron chi connectivity index (χ4n) is 0.274. The number of hydrogen-bond donors (Lipinski definition) is 4. The van der Waals surface area contributed by atoms with Crippen LogP contribution in [0.2, 0.25) is 0 Å². The molecule has 0 unspecified atom stereocenters. The second-order valence-corrected chi connectivity index (χ2v) is 1.34. The van der Waals surface area contributed by atoms with Crippen LogP contribution in [0.3, 0.4) is 0 Å². The molecule has 0 saturated heterocycles. The maximum absolute atomic E-state index is 10.3. The van der Waals surface area contributed by atoms with Crippen molar-refractivity contribution < 1.29 is 10.0 Å². The molecule has 0 heterocycles. The lowest BCUT2D eigenvalue weighted by Gasteiger charge is -1.98. The summed E-state index contributed by atoms with van der Waals surface area (Å²) in [5, 5.41) is 21.1. The molecule has 0 radical (unpaired) electrons. The fourth-order valence-corrected chi connectivity index (χ4v) is 0.274. The van der Waals surface area contributed by atoms with Crippen LogP contribution in [0, 0.1) is 16.7 Å². The topological polar surface area (TPSA) is 97.0 Å². The van der Waals surface area contributed by atoms with Crippen molar-refractivity contribution in [2.75, 3.05) is 0 Å². The molecule has 5 heteroatoms. The van der Waals surface area contributed by atoms with Crippen LogP contribution in [0.25, 0.3) is 0 Å². The Kier molecular flexibility index (Phi) is 3.22. The average Bonchev–Trinajstić information content (AvgIpc) is 1.90. The van der Waals surface area contributed by atoms with Crippen molar-refractivity contribution in [3.05, 3.63) is 0 Å². The third-order valence-corrected chi connectivity index (χ3v) is 0.772. The van der Waals surface area contributed by atoms with Gasteiger partial charge in [-0.25, -0.2) is 5.48 Å². The summed E-state index contributed by atoms with van der Waals surface area (Å²) < 4.78 is 0. The molecule has 5 nitrogen and oxygen atoms in total. The summed E-state index contributed by atoms with van der Waals surface area (Å²) in [5.74, 6) is -1.71. The van der Waals surface area contributed by atoms with E-state index >= 15 is 0 Å². The van der Waals surface area contributed by atoms with Crippen LogP contribution < -0.4 is 5.48 Å². The van der Waals surface area contributed by atoms with Gasteiger partial charge in [-0.05, 0) is 0 Å². The van der Waals surface area contributed by atoms with E-state index in [-0.39, 0.29) is 0 Å². The highest BCUT2D eigenvalue weighted by Gasteiger charge is 2.09.